The van der Waals surface area contributed by atoms with Gasteiger partial charge in [-0.25, -0.2) is 4.79 Å². The SMILES string of the molecule is CCOc1ccc2cc(C(=O)Nc3ccccc3Sc3ccccc3)c(=O)oc2c1. The van der Waals surface area contributed by atoms with E-state index in [4.69, 9.17) is 9.15 Å². The van der Waals surface area contributed by atoms with E-state index < -0.39 is 11.5 Å². The molecular formula is C24H19NO4S. The molecular weight excluding hydrogens is 398 g/mol. The molecule has 3 aromatic carbocycles. The van der Waals surface area contributed by atoms with Gasteiger partial charge in [-0.1, -0.05) is 42.1 Å². The maximum absolute atomic E-state index is 12.8. The molecule has 0 unspecified atom stereocenters. The van der Waals surface area contributed by atoms with Crippen LogP contribution in [-0.2, 0) is 0 Å². The van der Waals surface area contributed by atoms with Crippen molar-refractivity contribution in [1.82, 2.24) is 0 Å². The number of rotatable bonds is 6. The first-order valence-corrected chi connectivity index (χ1v) is 10.3. The normalized spacial score (nSPS) is 10.7. The molecule has 1 aromatic heterocycles. The summed E-state index contributed by atoms with van der Waals surface area (Å²) in [5, 5.41) is 3.49. The first-order chi connectivity index (χ1) is 14.6. The smallest absolute Gasteiger partial charge is 0.349 e. The van der Waals surface area contributed by atoms with E-state index in [0.717, 1.165) is 9.79 Å². The quantitative estimate of drug-likeness (QED) is 0.414. The zero-order chi connectivity index (χ0) is 20.9. The Balaban J connectivity index is 1.61. The summed E-state index contributed by atoms with van der Waals surface area (Å²) in [7, 11) is 0. The Bertz CT molecular complexity index is 1250. The van der Waals surface area contributed by atoms with Crippen molar-refractivity contribution in [1.29, 1.82) is 0 Å². The number of hydrogen-bond donors (Lipinski definition) is 1. The minimum absolute atomic E-state index is 0.0498. The molecule has 0 saturated carbocycles. The molecule has 0 fully saturated rings. The van der Waals surface area contributed by atoms with Gasteiger partial charge in [-0.15, -0.1) is 0 Å². The summed E-state index contributed by atoms with van der Waals surface area (Å²) < 4.78 is 10.8. The van der Waals surface area contributed by atoms with Gasteiger partial charge < -0.3 is 14.5 Å². The molecule has 0 saturated heterocycles. The summed E-state index contributed by atoms with van der Waals surface area (Å²) in [5.41, 5.74) is 0.262. The second kappa shape index (κ2) is 8.88. The minimum Gasteiger partial charge on any atom is -0.494 e. The predicted octanol–water partition coefficient (Wildman–Crippen LogP) is 5.60. The van der Waals surface area contributed by atoms with Crippen LogP contribution in [0.15, 0.2) is 97.9 Å². The average molecular weight is 417 g/mol. The van der Waals surface area contributed by atoms with Crippen LogP contribution in [0, 0.1) is 0 Å². The Morgan fingerprint density at radius 3 is 2.57 bits per heavy atom. The number of amides is 1. The molecule has 4 rings (SSSR count). The van der Waals surface area contributed by atoms with Crippen LogP contribution in [-0.4, -0.2) is 12.5 Å². The van der Waals surface area contributed by atoms with Crippen molar-refractivity contribution < 1.29 is 13.9 Å². The van der Waals surface area contributed by atoms with Crippen molar-refractivity contribution >= 4 is 34.3 Å². The second-order valence-corrected chi connectivity index (χ2v) is 7.56. The van der Waals surface area contributed by atoms with Gasteiger partial charge >= 0.3 is 5.63 Å². The van der Waals surface area contributed by atoms with Gasteiger partial charge in [0.25, 0.3) is 5.91 Å². The summed E-state index contributed by atoms with van der Waals surface area (Å²) >= 11 is 1.53. The first kappa shape index (κ1) is 19.8. The summed E-state index contributed by atoms with van der Waals surface area (Å²) in [6, 6.07) is 24.1. The van der Waals surface area contributed by atoms with E-state index in [0.29, 0.717) is 29.0 Å². The molecule has 0 radical (unpaired) electrons. The number of para-hydroxylation sites is 1. The van der Waals surface area contributed by atoms with Gasteiger partial charge in [0, 0.05) is 21.2 Å². The highest BCUT2D eigenvalue weighted by atomic mass is 32.2. The van der Waals surface area contributed by atoms with Crippen LogP contribution in [0.4, 0.5) is 5.69 Å². The topological polar surface area (TPSA) is 68.5 Å². The van der Waals surface area contributed by atoms with Crippen molar-refractivity contribution in [3.8, 4) is 5.75 Å². The lowest BCUT2D eigenvalue weighted by Gasteiger charge is -2.11. The molecule has 0 aliphatic heterocycles. The fourth-order valence-corrected chi connectivity index (χ4v) is 3.89. The molecule has 0 aliphatic rings. The van der Waals surface area contributed by atoms with Crippen LogP contribution in [0.5, 0.6) is 5.75 Å². The third-order valence-corrected chi connectivity index (χ3v) is 5.45. The number of nitrogens with one attached hydrogen (secondary N) is 1. The van der Waals surface area contributed by atoms with Crippen molar-refractivity contribution in [3.63, 3.8) is 0 Å². The fourth-order valence-electron chi connectivity index (χ4n) is 2.97. The lowest BCUT2D eigenvalue weighted by atomic mass is 10.1. The molecule has 5 nitrogen and oxygen atoms in total. The molecule has 0 bridgehead atoms. The number of fused-ring (bicyclic) bond motifs is 1. The summed E-state index contributed by atoms with van der Waals surface area (Å²) in [5.74, 6) is 0.0952. The maximum atomic E-state index is 12.8. The molecule has 0 atom stereocenters. The van der Waals surface area contributed by atoms with Crippen molar-refractivity contribution in [2.75, 3.05) is 11.9 Å². The average Bonchev–Trinajstić information content (AvgIpc) is 2.75. The summed E-state index contributed by atoms with van der Waals surface area (Å²) in [6.07, 6.45) is 0. The number of anilines is 1. The molecule has 0 spiro atoms. The zero-order valence-electron chi connectivity index (χ0n) is 16.3. The van der Waals surface area contributed by atoms with Crippen LogP contribution >= 0.6 is 11.8 Å². The van der Waals surface area contributed by atoms with E-state index in [-0.39, 0.29) is 5.56 Å². The second-order valence-electron chi connectivity index (χ2n) is 6.45. The highest BCUT2D eigenvalue weighted by molar-refractivity contribution is 7.99. The van der Waals surface area contributed by atoms with E-state index in [1.807, 2.05) is 55.5 Å². The lowest BCUT2D eigenvalue weighted by Crippen LogP contribution is -2.21. The number of hydrogen-bond acceptors (Lipinski definition) is 5. The van der Waals surface area contributed by atoms with Gasteiger partial charge in [-0.3, -0.25) is 4.79 Å². The molecule has 4 aromatic rings. The van der Waals surface area contributed by atoms with Gasteiger partial charge in [0.1, 0.15) is 16.9 Å². The molecule has 1 amide bonds. The third-order valence-electron chi connectivity index (χ3n) is 4.37. The van der Waals surface area contributed by atoms with Crippen molar-refractivity contribution in [2.45, 2.75) is 16.7 Å². The minimum atomic E-state index is -0.693. The Kier molecular flexibility index (Phi) is 5.86. The summed E-state index contributed by atoms with van der Waals surface area (Å²) in [4.78, 5) is 27.2. The van der Waals surface area contributed by atoms with E-state index in [1.54, 1.807) is 30.3 Å². The van der Waals surface area contributed by atoms with E-state index >= 15 is 0 Å². The third kappa shape index (κ3) is 4.39. The number of ether oxygens (including phenoxy) is 1. The Labute approximate surface area is 177 Å². The highest BCUT2D eigenvalue weighted by Gasteiger charge is 2.16. The molecule has 1 heterocycles. The lowest BCUT2D eigenvalue weighted by molar-refractivity contribution is 0.102. The van der Waals surface area contributed by atoms with Crippen LogP contribution in [0.2, 0.25) is 0 Å². The van der Waals surface area contributed by atoms with Crippen LogP contribution in [0.1, 0.15) is 17.3 Å². The molecule has 150 valence electrons. The van der Waals surface area contributed by atoms with Crippen LogP contribution in [0.3, 0.4) is 0 Å². The standard InChI is InChI=1S/C24H19NO4S/c1-2-28-17-13-12-16-14-19(24(27)29-21(16)15-17)23(26)25-20-10-6-7-11-22(20)30-18-8-4-3-5-9-18/h3-15H,2H2,1H3,(H,25,26). The zero-order valence-corrected chi connectivity index (χ0v) is 17.1. The monoisotopic (exact) mass is 417 g/mol. The highest BCUT2D eigenvalue weighted by Crippen LogP contribution is 2.33. The van der Waals surface area contributed by atoms with E-state index in [9.17, 15) is 9.59 Å². The molecule has 6 heteroatoms. The van der Waals surface area contributed by atoms with Gasteiger partial charge in [0.2, 0.25) is 0 Å². The maximum Gasteiger partial charge on any atom is 0.349 e. The van der Waals surface area contributed by atoms with Crippen LogP contribution < -0.4 is 15.7 Å². The Morgan fingerprint density at radius 1 is 1.00 bits per heavy atom. The van der Waals surface area contributed by atoms with Gasteiger partial charge in [0.05, 0.1) is 12.3 Å². The van der Waals surface area contributed by atoms with Crippen molar-refractivity contribution in [3.05, 3.63) is 94.8 Å². The summed E-state index contributed by atoms with van der Waals surface area (Å²) in [6.45, 7) is 2.39. The first-order valence-electron chi connectivity index (χ1n) is 9.48. The van der Waals surface area contributed by atoms with Crippen molar-refractivity contribution in [2.24, 2.45) is 0 Å². The van der Waals surface area contributed by atoms with Crippen LogP contribution in [0.25, 0.3) is 11.0 Å². The van der Waals surface area contributed by atoms with Gasteiger partial charge in [-0.05, 0) is 49.4 Å². The number of benzene rings is 3. The van der Waals surface area contributed by atoms with E-state index in [2.05, 4.69) is 5.32 Å². The molecule has 1 N–H and O–H groups in total. The molecule has 0 aliphatic carbocycles. The Hall–Kier alpha value is -3.51. The fraction of sp³-hybridized carbons (Fsp3) is 0.0833. The van der Waals surface area contributed by atoms with Gasteiger partial charge in [-0.2, -0.15) is 0 Å². The number of carbonyl (C=O) groups is 1. The largest absolute Gasteiger partial charge is 0.494 e. The van der Waals surface area contributed by atoms with E-state index in [1.165, 1.54) is 11.8 Å². The predicted molar refractivity (Wildman–Crippen MR) is 119 cm³/mol. The van der Waals surface area contributed by atoms with Gasteiger partial charge in [0.15, 0.2) is 0 Å². The number of carbonyl (C=O) groups excluding carboxylic acids is 1. The Morgan fingerprint density at radius 2 is 1.77 bits per heavy atom. The molecule has 30 heavy (non-hydrogen) atoms.